The highest BCUT2D eigenvalue weighted by atomic mass is 32.1. The first-order valence-corrected chi connectivity index (χ1v) is 12.1. The molecule has 0 spiro atoms. The summed E-state index contributed by atoms with van der Waals surface area (Å²) in [6.07, 6.45) is -5.67. The van der Waals surface area contributed by atoms with E-state index in [1.165, 1.54) is 11.3 Å². The van der Waals surface area contributed by atoms with Crippen LogP contribution >= 0.6 is 11.3 Å². The van der Waals surface area contributed by atoms with Crippen LogP contribution in [0.4, 0.5) is 26.3 Å². The van der Waals surface area contributed by atoms with Crippen molar-refractivity contribution in [3.63, 3.8) is 0 Å². The molecule has 3 atom stereocenters. The predicted octanol–water partition coefficient (Wildman–Crippen LogP) is 4.61. The summed E-state index contributed by atoms with van der Waals surface area (Å²) >= 11 is 1.85. The van der Waals surface area contributed by atoms with Gasteiger partial charge in [0.2, 0.25) is 0 Å². The second-order valence-corrected chi connectivity index (χ2v) is 9.34. The Morgan fingerprint density at radius 2 is 1.71 bits per heavy atom. The summed E-state index contributed by atoms with van der Waals surface area (Å²) in [5.41, 5.74) is 1.00. The average Bonchev–Trinajstić information content (AvgIpc) is 3.49. The number of ether oxygens (including phenoxy) is 2. The van der Waals surface area contributed by atoms with Crippen molar-refractivity contribution in [2.45, 2.75) is 50.5 Å². The summed E-state index contributed by atoms with van der Waals surface area (Å²) in [5, 5.41) is 16.4. The van der Waals surface area contributed by atoms with Crippen molar-refractivity contribution < 1.29 is 55.6 Å². The molecule has 0 amide bonds. The molecule has 1 aliphatic heterocycles. The number of nitrogens with zero attached hydrogens (tertiary/aromatic N) is 2. The quantitative estimate of drug-likeness (QED) is 0.484. The molecule has 15 heteroatoms. The summed E-state index contributed by atoms with van der Waals surface area (Å²) in [5.74, 6) is -4.92. The number of carbonyl (C=O) groups is 2. The third-order valence-corrected chi connectivity index (χ3v) is 6.36. The van der Waals surface area contributed by atoms with Crippen LogP contribution in [0.1, 0.15) is 23.4 Å². The minimum atomic E-state index is -5.08. The van der Waals surface area contributed by atoms with Crippen LogP contribution in [0.15, 0.2) is 41.9 Å². The molecule has 1 saturated carbocycles. The van der Waals surface area contributed by atoms with Crippen LogP contribution in [-0.4, -0.2) is 76.3 Å². The smallest absolute Gasteiger partial charge is 0.475 e. The summed E-state index contributed by atoms with van der Waals surface area (Å²) in [7, 11) is 0. The van der Waals surface area contributed by atoms with Gasteiger partial charge in [0.1, 0.15) is 0 Å². The summed E-state index contributed by atoms with van der Waals surface area (Å²) in [4.78, 5) is 26.2. The van der Waals surface area contributed by atoms with E-state index in [1.807, 2.05) is 35.7 Å². The number of rotatable bonds is 6. The van der Waals surface area contributed by atoms with Gasteiger partial charge in [-0.3, -0.25) is 9.88 Å². The Kier molecular flexibility index (Phi) is 11.9. The largest absolute Gasteiger partial charge is 0.490 e. The van der Waals surface area contributed by atoms with Crippen LogP contribution in [0.25, 0.3) is 0 Å². The van der Waals surface area contributed by atoms with E-state index < -0.39 is 24.3 Å². The molecule has 3 heterocycles. The van der Waals surface area contributed by atoms with Crippen molar-refractivity contribution in [3.05, 3.63) is 52.5 Å². The number of aromatic nitrogens is 1. The standard InChI is InChI=1S/C19H24N2O2S.2C2HF3O2/c1-2-6-20-16(4-1)14-22-13-15-10-18-19(11-15)23-8-7-21(18)12-17-5-3-9-24-17;2*3-2(4,5)1(6)7/h1-6,9,15,18-19H,7-8,10-14H2;2*(H,6,7). The molecule has 3 unspecified atom stereocenters. The van der Waals surface area contributed by atoms with Crippen LogP contribution in [-0.2, 0) is 32.2 Å². The van der Waals surface area contributed by atoms with E-state index in [4.69, 9.17) is 29.3 Å². The molecule has 212 valence electrons. The van der Waals surface area contributed by atoms with Gasteiger partial charge in [0.25, 0.3) is 0 Å². The molecule has 0 aromatic carbocycles. The first-order chi connectivity index (χ1) is 17.8. The lowest BCUT2D eigenvalue weighted by molar-refractivity contribution is -0.193. The van der Waals surface area contributed by atoms with Crippen molar-refractivity contribution in [1.82, 2.24) is 9.88 Å². The number of pyridine rings is 1. The van der Waals surface area contributed by atoms with Crippen LogP contribution in [0.5, 0.6) is 0 Å². The highest BCUT2D eigenvalue weighted by Gasteiger charge is 2.41. The molecular weight excluding hydrogens is 546 g/mol. The van der Waals surface area contributed by atoms with E-state index in [0.29, 0.717) is 24.7 Å². The predicted molar refractivity (Wildman–Crippen MR) is 122 cm³/mol. The van der Waals surface area contributed by atoms with Crippen molar-refractivity contribution >= 4 is 23.3 Å². The van der Waals surface area contributed by atoms with Crippen molar-refractivity contribution in [2.75, 3.05) is 19.8 Å². The lowest BCUT2D eigenvalue weighted by atomic mass is 10.1. The number of hydrogen-bond donors (Lipinski definition) is 2. The Hall–Kier alpha value is -2.75. The van der Waals surface area contributed by atoms with Crippen LogP contribution in [0.2, 0.25) is 0 Å². The minimum Gasteiger partial charge on any atom is -0.475 e. The Balaban J connectivity index is 0.000000301. The van der Waals surface area contributed by atoms with Gasteiger partial charge >= 0.3 is 24.3 Å². The normalized spacial score (nSPS) is 21.4. The van der Waals surface area contributed by atoms with Gasteiger partial charge in [-0.1, -0.05) is 12.1 Å². The number of fused-ring (bicyclic) bond motifs is 1. The van der Waals surface area contributed by atoms with Crippen molar-refractivity contribution in [2.24, 2.45) is 5.92 Å². The third kappa shape index (κ3) is 10.9. The molecule has 8 nitrogen and oxygen atoms in total. The average molecular weight is 573 g/mol. The Labute approximate surface area is 217 Å². The van der Waals surface area contributed by atoms with E-state index in [9.17, 15) is 26.3 Å². The van der Waals surface area contributed by atoms with Crippen molar-refractivity contribution in [3.8, 4) is 0 Å². The monoisotopic (exact) mass is 572 g/mol. The molecular formula is C23H26F6N2O6S. The summed E-state index contributed by atoms with van der Waals surface area (Å²) in [6.45, 7) is 4.37. The SMILES string of the molecule is O=C(O)C(F)(F)F.O=C(O)C(F)(F)F.c1ccc(COCC2CC3OCCN(Cc4cccs4)C3C2)nc1. The molecule has 2 aliphatic rings. The lowest BCUT2D eigenvalue weighted by Gasteiger charge is -2.37. The van der Waals surface area contributed by atoms with E-state index >= 15 is 0 Å². The zero-order chi connectivity index (χ0) is 28.3. The Bertz CT molecular complexity index is 967. The second kappa shape index (κ2) is 14.4. The first-order valence-electron chi connectivity index (χ1n) is 11.2. The molecule has 4 rings (SSSR count). The highest BCUT2D eigenvalue weighted by molar-refractivity contribution is 7.09. The van der Waals surface area contributed by atoms with Gasteiger partial charge in [-0.2, -0.15) is 26.3 Å². The van der Waals surface area contributed by atoms with E-state index in [-0.39, 0.29) is 0 Å². The fourth-order valence-corrected chi connectivity index (χ4v) is 4.60. The summed E-state index contributed by atoms with van der Waals surface area (Å²) < 4.78 is 75.4. The number of morpholine rings is 1. The Morgan fingerprint density at radius 3 is 2.24 bits per heavy atom. The van der Waals surface area contributed by atoms with Gasteiger partial charge in [-0.05, 0) is 42.3 Å². The van der Waals surface area contributed by atoms with Crippen LogP contribution < -0.4 is 0 Å². The van der Waals surface area contributed by atoms with E-state index in [0.717, 1.165) is 38.4 Å². The highest BCUT2D eigenvalue weighted by Crippen LogP contribution is 2.35. The van der Waals surface area contributed by atoms with E-state index in [1.54, 1.807) is 0 Å². The number of hydrogen-bond acceptors (Lipinski definition) is 7. The molecule has 2 N–H and O–H groups in total. The van der Waals surface area contributed by atoms with E-state index in [2.05, 4.69) is 27.4 Å². The van der Waals surface area contributed by atoms with Gasteiger partial charge < -0.3 is 19.7 Å². The van der Waals surface area contributed by atoms with Gasteiger partial charge in [0, 0.05) is 30.2 Å². The molecule has 38 heavy (non-hydrogen) atoms. The Morgan fingerprint density at radius 1 is 1.05 bits per heavy atom. The molecule has 0 radical (unpaired) electrons. The zero-order valence-electron chi connectivity index (χ0n) is 19.8. The number of carboxylic acids is 2. The lowest BCUT2D eigenvalue weighted by Crippen LogP contribution is -2.47. The van der Waals surface area contributed by atoms with Gasteiger partial charge in [-0.25, -0.2) is 9.59 Å². The van der Waals surface area contributed by atoms with Crippen LogP contribution in [0, 0.1) is 5.92 Å². The summed E-state index contributed by atoms with van der Waals surface area (Å²) in [6, 6.07) is 10.9. The molecule has 2 aromatic rings. The first kappa shape index (κ1) is 31.5. The molecule has 2 fully saturated rings. The number of aliphatic carboxylic acids is 2. The number of halogens is 6. The molecule has 1 aliphatic carbocycles. The topological polar surface area (TPSA) is 109 Å². The zero-order valence-corrected chi connectivity index (χ0v) is 20.6. The van der Waals surface area contributed by atoms with Crippen LogP contribution in [0.3, 0.4) is 0 Å². The number of carboxylic acid groups (broad SMARTS) is 2. The molecule has 1 saturated heterocycles. The fraction of sp³-hybridized carbons (Fsp3) is 0.522. The number of thiophene rings is 1. The maximum absolute atomic E-state index is 10.6. The second-order valence-electron chi connectivity index (χ2n) is 8.31. The molecule has 2 aromatic heterocycles. The maximum atomic E-state index is 10.6. The fourth-order valence-electron chi connectivity index (χ4n) is 3.87. The van der Waals surface area contributed by atoms with Gasteiger partial charge in [0.15, 0.2) is 0 Å². The molecule has 0 bridgehead atoms. The minimum absolute atomic E-state index is 0.377. The van der Waals surface area contributed by atoms with Gasteiger partial charge in [0.05, 0.1) is 31.6 Å². The van der Waals surface area contributed by atoms with Crippen molar-refractivity contribution in [1.29, 1.82) is 0 Å². The van der Waals surface area contributed by atoms with Gasteiger partial charge in [-0.15, -0.1) is 11.3 Å². The number of alkyl halides is 6. The maximum Gasteiger partial charge on any atom is 0.490 e. The third-order valence-electron chi connectivity index (χ3n) is 5.50.